The first kappa shape index (κ1) is 13.7. The van der Waals surface area contributed by atoms with E-state index in [0.29, 0.717) is 11.1 Å². The molecule has 0 fully saturated rings. The summed E-state index contributed by atoms with van der Waals surface area (Å²) < 4.78 is 0. The van der Waals surface area contributed by atoms with Gasteiger partial charge >= 0.3 is 0 Å². The molecular formula is C18H16O4. The number of fused-ring (bicyclic) bond motifs is 4. The van der Waals surface area contributed by atoms with Crippen molar-refractivity contribution in [1.82, 2.24) is 0 Å². The number of hydrogen-bond acceptors (Lipinski definition) is 4. The van der Waals surface area contributed by atoms with Gasteiger partial charge in [-0.2, -0.15) is 0 Å². The molecule has 4 atom stereocenters. The Hall–Kier alpha value is -1.98. The van der Waals surface area contributed by atoms with Gasteiger partial charge in [0, 0.05) is 0 Å². The quantitative estimate of drug-likeness (QED) is 0.477. The van der Waals surface area contributed by atoms with E-state index in [9.17, 15) is 20.4 Å². The smallest absolute Gasteiger partial charge is 0.113 e. The Morgan fingerprint density at radius 2 is 1.18 bits per heavy atom. The van der Waals surface area contributed by atoms with Gasteiger partial charge in [0.05, 0.1) is 0 Å². The van der Waals surface area contributed by atoms with Crippen LogP contribution in [0.15, 0.2) is 48.5 Å². The van der Waals surface area contributed by atoms with Gasteiger partial charge in [-0.25, -0.2) is 0 Å². The zero-order chi connectivity index (χ0) is 15.4. The zero-order valence-electron chi connectivity index (χ0n) is 11.7. The Morgan fingerprint density at radius 3 is 1.91 bits per heavy atom. The number of benzene rings is 3. The van der Waals surface area contributed by atoms with Crippen molar-refractivity contribution in [2.24, 2.45) is 0 Å². The lowest BCUT2D eigenvalue weighted by molar-refractivity contribution is -0.120. The second-order valence-electron chi connectivity index (χ2n) is 5.86. The lowest BCUT2D eigenvalue weighted by Gasteiger charge is -2.34. The molecule has 0 unspecified atom stereocenters. The first-order valence-corrected chi connectivity index (χ1v) is 7.25. The van der Waals surface area contributed by atoms with Crippen molar-refractivity contribution in [2.45, 2.75) is 24.4 Å². The summed E-state index contributed by atoms with van der Waals surface area (Å²) in [6.45, 7) is 0. The molecule has 3 aromatic rings. The fourth-order valence-corrected chi connectivity index (χ4v) is 3.34. The monoisotopic (exact) mass is 296 g/mol. The maximum Gasteiger partial charge on any atom is 0.113 e. The zero-order valence-corrected chi connectivity index (χ0v) is 11.7. The Bertz CT molecular complexity index is 873. The van der Waals surface area contributed by atoms with Crippen LogP contribution < -0.4 is 0 Å². The molecule has 0 radical (unpaired) electrons. The van der Waals surface area contributed by atoms with Gasteiger partial charge in [-0.1, -0.05) is 36.4 Å². The Morgan fingerprint density at radius 1 is 0.591 bits per heavy atom. The summed E-state index contributed by atoms with van der Waals surface area (Å²) in [7, 11) is 0. The van der Waals surface area contributed by atoms with Gasteiger partial charge in [0.15, 0.2) is 0 Å². The molecule has 22 heavy (non-hydrogen) atoms. The van der Waals surface area contributed by atoms with Crippen LogP contribution in [0.2, 0.25) is 0 Å². The molecule has 0 saturated heterocycles. The molecule has 112 valence electrons. The van der Waals surface area contributed by atoms with Crippen molar-refractivity contribution in [3.8, 4) is 0 Å². The van der Waals surface area contributed by atoms with Crippen LogP contribution >= 0.6 is 0 Å². The van der Waals surface area contributed by atoms with Crippen molar-refractivity contribution in [3.05, 3.63) is 59.7 Å². The average Bonchev–Trinajstić information content (AvgIpc) is 2.56. The summed E-state index contributed by atoms with van der Waals surface area (Å²) in [5, 5.41) is 44.1. The van der Waals surface area contributed by atoms with Crippen LogP contribution in [0, 0.1) is 0 Å². The lowest BCUT2D eigenvalue weighted by Crippen LogP contribution is -2.41. The van der Waals surface area contributed by atoms with Gasteiger partial charge in [0.2, 0.25) is 0 Å². The number of hydrogen-bond donors (Lipinski definition) is 4. The van der Waals surface area contributed by atoms with Crippen molar-refractivity contribution in [2.75, 3.05) is 0 Å². The van der Waals surface area contributed by atoms with Gasteiger partial charge in [0.25, 0.3) is 0 Å². The van der Waals surface area contributed by atoms with Crippen molar-refractivity contribution < 1.29 is 20.4 Å². The molecule has 0 bridgehead atoms. The van der Waals surface area contributed by atoms with E-state index in [-0.39, 0.29) is 0 Å². The second kappa shape index (κ2) is 4.76. The fourth-order valence-electron chi connectivity index (χ4n) is 3.34. The number of aliphatic hydroxyl groups excluding tert-OH is 4. The van der Waals surface area contributed by atoms with E-state index in [1.54, 1.807) is 12.1 Å². The van der Waals surface area contributed by atoms with Gasteiger partial charge in [-0.3, -0.25) is 0 Å². The minimum Gasteiger partial charge on any atom is -0.387 e. The third-order valence-electron chi connectivity index (χ3n) is 4.58. The normalized spacial score (nSPS) is 28.0. The van der Waals surface area contributed by atoms with Crippen LogP contribution in [-0.4, -0.2) is 32.6 Å². The molecule has 1 aliphatic rings. The summed E-state index contributed by atoms with van der Waals surface area (Å²) in [6, 6.07) is 15.5. The van der Waals surface area contributed by atoms with E-state index in [4.69, 9.17) is 0 Å². The van der Waals surface area contributed by atoms with Crippen molar-refractivity contribution >= 4 is 21.5 Å². The summed E-state index contributed by atoms with van der Waals surface area (Å²) in [6.07, 6.45) is -5.20. The predicted molar refractivity (Wildman–Crippen MR) is 83.4 cm³/mol. The van der Waals surface area contributed by atoms with Crippen LogP contribution in [0.4, 0.5) is 0 Å². The Balaban J connectivity index is 2.06. The standard InChI is InChI=1S/C18H16O4/c19-15-13-7-10-6-5-9-3-1-2-4-11(9)12(10)8-14(13)16(20)18(22)17(15)21/h1-8,15-22H/t15-,16-,17+,18+/m0/s1. The molecule has 4 rings (SSSR count). The van der Waals surface area contributed by atoms with Gasteiger partial charge in [-0.05, 0) is 44.8 Å². The largest absolute Gasteiger partial charge is 0.387 e. The van der Waals surface area contributed by atoms with E-state index < -0.39 is 24.4 Å². The fraction of sp³-hybridized carbons (Fsp3) is 0.222. The van der Waals surface area contributed by atoms with Crippen LogP contribution in [0.1, 0.15) is 23.3 Å². The maximum atomic E-state index is 10.2. The molecule has 4 N–H and O–H groups in total. The molecule has 0 heterocycles. The van der Waals surface area contributed by atoms with Gasteiger partial charge in [-0.15, -0.1) is 0 Å². The first-order valence-electron chi connectivity index (χ1n) is 7.25. The van der Waals surface area contributed by atoms with E-state index in [0.717, 1.165) is 21.5 Å². The number of rotatable bonds is 0. The summed E-state index contributed by atoms with van der Waals surface area (Å²) in [5.41, 5.74) is 0.933. The van der Waals surface area contributed by atoms with E-state index >= 15 is 0 Å². The molecule has 1 aliphatic carbocycles. The van der Waals surface area contributed by atoms with Crippen molar-refractivity contribution in [1.29, 1.82) is 0 Å². The van der Waals surface area contributed by atoms with Crippen LogP contribution in [0.25, 0.3) is 21.5 Å². The van der Waals surface area contributed by atoms with E-state index in [1.807, 2.05) is 36.4 Å². The molecule has 0 aliphatic heterocycles. The average molecular weight is 296 g/mol. The van der Waals surface area contributed by atoms with Crippen molar-refractivity contribution in [3.63, 3.8) is 0 Å². The second-order valence-corrected chi connectivity index (χ2v) is 5.86. The predicted octanol–water partition coefficient (Wildman–Crippen LogP) is 1.80. The molecule has 3 aromatic carbocycles. The highest BCUT2D eigenvalue weighted by molar-refractivity contribution is 6.07. The minimum atomic E-state index is -1.39. The molecule has 0 spiro atoms. The molecular weight excluding hydrogens is 280 g/mol. The first-order chi connectivity index (χ1) is 10.6. The molecule has 0 saturated carbocycles. The topological polar surface area (TPSA) is 80.9 Å². The number of aliphatic hydroxyl groups is 4. The van der Waals surface area contributed by atoms with Gasteiger partial charge in [0.1, 0.15) is 24.4 Å². The van der Waals surface area contributed by atoms with Gasteiger partial charge < -0.3 is 20.4 Å². The summed E-state index contributed by atoms with van der Waals surface area (Å²) in [5.74, 6) is 0. The Labute approximate surface area is 126 Å². The molecule has 4 heteroatoms. The van der Waals surface area contributed by atoms with Crippen LogP contribution in [-0.2, 0) is 0 Å². The third-order valence-corrected chi connectivity index (χ3v) is 4.58. The van der Waals surface area contributed by atoms with Crippen LogP contribution in [0.3, 0.4) is 0 Å². The highest BCUT2D eigenvalue weighted by Gasteiger charge is 2.39. The SMILES string of the molecule is O[C@H]1[C@H](O)[C@@H](O)c2cc3c(ccc4ccccc43)cc2[C@@H]1O. The highest BCUT2D eigenvalue weighted by Crippen LogP contribution is 2.40. The van der Waals surface area contributed by atoms with Crippen LogP contribution in [0.5, 0.6) is 0 Å². The Kier molecular flexibility index (Phi) is 2.96. The van der Waals surface area contributed by atoms with E-state index in [1.165, 1.54) is 0 Å². The third kappa shape index (κ3) is 1.79. The molecule has 0 amide bonds. The minimum absolute atomic E-state index is 0.466. The lowest BCUT2D eigenvalue weighted by atomic mass is 9.81. The highest BCUT2D eigenvalue weighted by atomic mass is 16.4. The summed E-state index contributed by atoms with van der Waals surface area (Å²) >= 11 is 0. The molecule has 4 nitrogen and oxygen atoms in total. The summed E-state index contributed by atoms with van der Waals surface area (Å²) in [4.78, 5) is 0. The van der Waals surface area contributed by atoms with E-state index in [2.05, 4.69) is 0 Å². The molecule has 0 aromatic heterocycles. The maximum absolute atomic E-state index is 10.2.